The van der Waals surface area contributed by atoms with Crippen molar-refractivity contribution < 1.29 is 17.9 Å². The van der Waals surface area contributed by atoms with Crippen LogP contribution in [0.2, 0.25) is 0 Å². The van der Waals surface area contributed by atoms with Gasteiger partial charge in [-0.1, -0.05) is 23.8 Å². The Morgan fingerprint density at radius 3 is 2.21 bits per heavy atom. The number of ether oxygens (including phenoxy) is 1. The number of alkyl halides is 3. The molecular formula is C17H20F3N3O. The Hall–Kier alpha value is -2.57. The fourth-order valence-corrected chi connectivity index (χ4v) is 1.62. The number of guanidine groups is 1. The van der Waals surface area contributed by atoms with Gasteiger partial charge >= 0.3 is 6.36 Å². The number of nitrogens with two attached hydrogens (primary N) is 1. The normalized spacial score (nSPS) is 14.8. The van der Waals surface area contributed by atoms with E-state index in [0.717, 1.165) is 5.56 Å². The highest BCUT2D eigenvalue weighted by molar-refractivity contribution is 6.05. The Balaban J connectivity index is 2.84. The SMILES string of the molecule is C\C(=C/C=C(C)/C(C)=N/C(N)=Nc1ccc(C)cc1)OC(F)(F)F. The average Bonchev–Trinajstić information content (AvgIpc) is 2.45. The van der Waals surface area contributed by atoms with Crippen LogP contribution < -0.4 is 5.73 Å². The molecule has 0 radical (unpaired) electrons. The molecule has 0 aliphatic rings. The molecule has 0 aliphatic carbocycles. The minimum absolute atomic E-state index is 0.0661. The van der Waals surface area contributed by atoms with Crippen molar-refractivity contribution in [1.82, 2.24) is 0 Å². The van der Waals surface area contributed by atoms with E-state index in [1.807, 2.05) is 31.2 Å². The van der Waals surface area contributed by atoms with Gasteiger partial charge in [-0.3, -0.25) is 0 Å². The number of aryl methyl sites for hydroxylation is 1. The first-order chi connectivity index (χ1) is 11.1. The summed E-state index contributed by atoms with van der Waals surface area (Å²) in [4.78, 5) is 8.29. The van der Waals surface area contributed by atoms with E-state index < -0.39 is 6.36 Å². The van der Waals surface area contributed by atoms with Crippen LogP contribution in [0.25, 0.3) is 0 Å². The summed E-state index contributed by atoms with van der Waals surface area (Å²) in [6, 6.07) is 7.44. The molecule has 0 heterocycles. The van der Waals surface area contributed by atoms with Gasteiger partial charge in [0.1, 0.15) is 5.76 Å². The molecule has 130 valence electrons. The molecule has 0 aliphatic heterocycles. The fourth-order valence-electron chi connectivity index (χ4n) is 1.62. The second kappa shape index (κ2) is 8.33. The Kier molecular flexibility index (Phi) is 6.76. The minimum atomic E-state index is -4.70. The van der Waals surface area contributed by atoms with E-state index in [1.54, 1.807) is 13.8 Å². The van der Waals surface area contributed by atoms with Crippen LogP contribution >= 0.6 is 0 Å². The van der Waals surface area contributed by atoms with E-state index in [9.17, 15) is 13.2 Å². The Morgan fingerprint density at radius 2 is 1.67 bits per heavy atom. The van der Waals surface area contributed by atoms with Crippen LogP contribution in [0.15, 0.2) is 57.7 Å². The zero-order chi connectivity index (χ0) is 18.3. The number of benzene rings is 1. The second-order valence-corrected chi connectivity index (χ2v) is 5.18. The van der Waals surface area contributed by atoms with Gasteiger partial charge in [-0.25, -0.2) is 9.98 Å². The van der Waals surface area contributed by atoms with Crippen molar-refractivity contribution in [1.29, 1.82) is 0 Å². The summed E-state index contributed by atoms with van der Waals surface area (Å²) >= 11 is 0. The van der Waals surface area contributed by atoms with Gasteiger partial charge in [-0.05, 0) is 51.5 Å². The highest BCUT2D eigenvalue weighted by atomic mass is 19.4. The molecule has 0 bridgehead atoms. The maximum absolute atomic E-state index is 12.1. The van der Waals surface area contributed by atoms with Crippen LogP contribution in [0.3, 0.4) is 0 Å². The van der Waals surface area contributed by atoms with Gasteiger partial charge in [0.15, 0.2) is 0 Å². The Bertz CT molecular complexity index is 684. The summed E-state index contributed by atoms with van der Waals surface area (Å²) in [6.45, 7) is 6.58. The zero-order valence-corrected chi connectivity index (χ0v) is 14.0. The molecule has 7 heteroatoms. The predicted molar refractivity (Wildman–Crippen MR) is 90.2 cm³/mol. The lowest BCUT2D eigenvalue weighted by Gasteiger charge is -2.08. The van der Waals surface area contributed by atoms with Crippen molar-refractivity contribution >= 4 is 17.4 Å². The van der Waals surface area contributed by atoms with Crippen LogP contribution in [0, 0.1) is 6.92 Å². The van der Waals surface area contributed by atoms with Gasteiger partial charge in [-0.15, -0.1) is 13.2 Å². The number of halogens is 3. The predicted octanol–water partition coefficient (Wildman–Crippen LogP) is 4.79. The van der Waals surface area contributed by atoms with Gasteiger partial charge in [0.25, 0.3) is 0 Å². The van der Waals surface area contributed by atoms with Crippen LogP contribution in [0.5, 0.6) is 0 Å². The van der Waals surface area contributed by atoms with E-state index in [1.165, 1.54) is 19.1 Å². The molecule has 0 spiro atoms. The number of rotatable bonds is 4. The van der Waals surface area contributed by atoms with E-state index in [0.29, 0.717) is 17.0 Å². The quantitative estimate of drug-likeness (QED) is 0.371. The topological polar surface area (TPSA) is 60.0 Å². The molecule has 0 aromatic heterocycles. The number of aliphatic imine (C=N–C) groups is 2. The molecule has 1 rings (SSSR count). The molecule has 4 nitrogen and oxygen atoms in total. The van der Waals surface area contributed by atoms with Crippen molar-refractivity contribution in [2.75, 3.05) is 0 Å². The molecule has 0 saturated carbocycles. The monoisotopic (exact) mass is 339 g/mol. The Labute approximate surface area is 139 Å². The molecule has 2 N–H and O–H groups in total. The largest absolute Gasteiger partial charge is 0.572 e. The summed E-state index contributed by atoms with van der Waals surface area (Å²) in [5, 5.41) is 0. The molecule has 0 fully saturated rings. The molecular weight excluding hydrogens is 319 g/mol. The Morgan fingerprint density at radius 1 is 1.08 bits per heavy atom. The van der Waals surface area contributed by atoms with Gasteiger partial charge in [0.2, 0.25) is 5.96 Å². The molecule has 24 heavy (non-hydrogen) atoms. The lowest BCUT2D eigenvalue weighted by molar-refractivity contribution is -0.305. The first kappa shape index (κ1) is 19.5. The second-order valence-electron chi connectivity index (χ2n) is 5.18. The van der Waals surface area contributed by atoms with Crippen molar-refractivity contribution in [2.24, 2.45) is 15.7 Å². The highest BCUT2D eigenvalue weighted by Crippen LogP contribution is 2.20. The maximum atomic E-state index is 12.1. The summed E-state index contributed by atoms with van der Waals surface area (Å²) in [7, 11) is 0. The smallest absolute Gasteiger partial charge is 0.411 e. The van der Waals surface area contributed by atoms with Crippen LogP contribution in [0.4, 0.5) is 18.9 Å². The first-order valence-electron chi connectivity index (χ1n) is 7.14. The van der Waals surface area contributed by atoms with Crippen molar-refractivity contribution in [3.05, 3.63) is 53.3 Å². The standard InChI is InChI=1S/C17H20F3N3O/c1-11-5-9-15(10-6-11)23-16(21)22-14(4)12(2)7-8-13(3)24-17(18,19)20/h5-10H,1-4H3,(H2,21,23)/b12-7+,13-8+,22-14+. The van der Waals surface area contributed by atoms with Crippen LogP contribution in [0.1, 0.15) is 26.3 Å². The molecule has 0 atom stereocenters. The lowest BCUT2D eigenvalue weighted by atomic mass is 10.2. The third kappa shape index (κ3) is 7.62. The summed E-state index contributed by atoms with van der Waals surface area (Å²) in [5.74, 6) is -0.202. The van der Waals surface area contributed by atoms with E-state index in [-0.39, 0.29) is 11.7 Å². The number of allylic oxidation sites excluding steroid dienone is 4. The van der Waals surface area contributed by atoms with E-state index >= 15 is 0 Å². The van der Waals surface area contributed by atoms with E-state index in [4.69, 9.17) is 5.73 Å². The number of hydrogen-bond acceptors (Lipinski definition) is 2. The number of hydrogen-bond donors (Lipinski definition) is 1. The lowest BCUT2D eigenvalue weighted by Crippen LogP contribution is -2.12. The molecule has 0 amide bonds. The maximum Gasteiger partial charge on any atom is 0.572 e. The third-order valence-corrected chi connectivity index (χ3v) is 2.98. The summed E-state index contributed by atoms with van der Waals surface area (Å²) in [6.07, 6.45) is -2.01. The van der Waals surface area contributed by atoms with Gasteiger partial charge in [-0.2, -0.15) is 0 Å². The molecule has 1 aromatic rings. The minimum Gasteiger partial charge on any atom is -0.411 e. The van der Waals surface area contributed by atoms with Gasteiger partial charge in [0, 0.05) is 5.71 Å². The average molecular weight is 339 g/mol. The summed E-state index contributed by atoms with van der Waals surface area (Å²) in [5.41, 5.74) is 8.73. The van der Waals surface area contributed by atoms with Crippen molar-refractivity contribution in [2.45, 2.75) is 34.1 Å². The zero-order valence-electron chi connectivity index (χ0n) is 14.0. The molecule has 1 aromatic carbocycles. The first-order valence-corrected chi connectivity index (χ1v) is 7.14. The van der Waals surface area contributed by atoms with Gasteiger partial charge < -0.3 is 10.5 Å². The summed E-state index contributed by atoms with van der Waals surface area (Å²) < 4.78 is 39.9. The number of nitrogens with zero attached hydrogens (tertiary/aromatic N) is 2. The molecule has 0 saturated heterocycles. The van der Waals surface area contributed by atoms with Crippen molar-refractivity contribution in [3.63, 3.8) is 0 Å². The van der Waals surface area contributed by atoms with Crippen molar-refractivity contribution in [3.8, 4) is 0 Å². The fraction of sp³-hybridized carbons (Fsp3) is 0.294. The van der Waals surface area contributed by atoms with E-state index in [2.05, 4.69) is 14.7 Å². The van der Waals surface area contributed by atoms with Crippen LogP contribution in [-0.4, -0.2) is 18.0 Å². The van der Waals surface area contributed by atoms with Gasteiger partial charge in [0.05, 0.1) is 5.69 Å². The molecule has 0 unspecified atom stereocenters. The highest BCUT2D eigenvalue weighted by Gasteiger charge is 2.30. The third-order valence-electron chi connectivity index (χ3n) is 2.98. The van der Waals surface area contributed by atoms with Crippen LogP contribution in [-0.2, 0) is 4.74 Å².